The molecular formula is C15H20N2O4. The second kappa shape index (κ2) is 5.81. The second-order valence-electron chi connectivity index (χ2n) is 5.43. The van der Waals surface area contributed by atoms with E-state index in [1.165, 1.54) is 0 Å². The van der Waals surface area contributed by atoms with Gasteiger partial charge in [0.2, 0.25) is 12.7 Å². The lowest BCUT2D eigenvalue weighted by atomic mass is 10.00. The first kappa shape index (κ1) is 14.0. The summed E-state index contributed by atoms with van der Waals surface area (Å²) in [4.78, 5) is 14.1. The monoisotopic (exact) mass is 292 g/mol. The van der Waals surface area contributed by atoms with E-state index in [9.17, 15) is 9.90 Å². The van der Waals surface area contributed by atoms with Crippen LogP contribution in [0.25, 0.3) is 0 Å². The predicted molar refractivity (Wildman–Crippen MR) is 76.3 cm³/mol. The second-order valence-corrected chi connectivity index (χ2v) is 5.43. The van der Waals surface area contributed by atoms with Crippen molar-refractivity contribution < 1.29 is 19.4 Å². The van der Waals surface area contributed by atoms with Gasteiger partial charge in [-0.2, -0.15) is 0 Å². The highest BCUT2D eigenvalue weighted by atomic mass is 16.7. The van der Waals surface area contributed by atoms with Crippen LogP contribution in [-0.4, -0.2) is 42.3 Å². The van der Waals surface area contributed by atoms with Crippen LogP contribution in [-0.2, 0) is 11.3 Å². The molecule has 1 fully saturated rings. The van der Waals surface area contributed by atoms with Crippen molar-refractivity contribution >= 4 is 5.91 Å². The number of hydrogen-bond donors (Lipinski definition) is 2. The Morgan fingerprint density at radius 1 is 1.38 bits per heavy atom. The van der Waals surface area contributed by atoms with E-state index in [-0.39, 0.29) is 24.5 Å². The van der Waals surface area contributed by atoms with Crippen molar-refractivity contribution in [3.05, 3.63) is 17.7 Å². The molecule has 1 amide bonds. The van der Waals surface area contributed by atoms with Crippen LogP contribution in [0.5, 0.6) is 17.2 Å². The molecule has 2 aliphatic rings. The van der Waals surface area contributed by atoms with Gasteiger partial charge in [0.1, 0.15) is 5.75 Å². The molecule has 0 saturated carbocycles. The van der Waals surface area contributed by atoms with Gasteiger partial charge in [-0.05, 0) is 25.5 Å². The highest BCUT2D eigenvalue weighted by molar-refractivity contribution is 5.81. The van der Waals surface area contributed by atoms with Crippen LogP contribution in [0.3, 0.4) is 0 Å². The van der Waals surface area contributed by atoms with E-state index in [0.717, 1.165) is 31.4 Å². The Hall–Kier alpha value is -1.95. The molecule has 6 heteroatoms. The average molecular weight is 292 g/mol. The van der Waals surface area contributed by atoms with Gasteiger partial charge in [-0.25, -0.2) is 0 Å². The van der Waals surface area contributed by atoms with Gasteiger partial charge in [0.05, 0.1) is 6.04 Å². The summed E-state index contributed by atoms with van der Waals surface area (Å²) in [6, 6.07) is 3.25. The molecule has 1 saturated heterocycles. The minimum absolute atomic E-state index is 0.0370. The quantitative estimate of drug-likeness (QED) is 0.876. The number of ether oxygens (including phenoxy) is 2. The molecule has 0 radical (unpaired) electrons. The summed E-state index contributed by atoms with van der Waals surface area (Å²) in [6.07, 6.45) is 2.98. The molecule has 0 spiro atoms. The van der Waals surface area contributed by atoms with Crippen LogP contribution in [0.1, 0.15) is 24.8 Å². The van der Waals surface area contributed by atoms with E-state index >= 15 is 0 Å². The van der Waals surface area contributed by atoms with E-state index < -0.39 is 0 Å². The Balaban J connectivity index is 1.80. The smallest absolute Gasteiger partial charge is 0.237 e. The SMILES string of the molecule is CNC(=O)C1CCCCN1Cc1cc2c(cc1O)OCO2. The van der Waals surface area contributed by atoms with E-state index in [0.29, 0.717) is 18.0 Å². The number of likely N-dealkylation sites (tertiary alicyclic amines) is 1. The van der Waals surface area contributed by atoms with Crippen LogP contribution < -0.4 is 14.8 Å². The van der Waals surface area contributed by atoms with Gasteiger partial charge in [-0.3, -0.25) is 9.69 Å². The predicted octanol–water partition coefficient (Wildman–Crippen LogP) is 1.22. The molecule has 3 rings (SSSR count). The summed E-state index contributed by atoms with van der Waals surface area (Å²) >= 11 is 0. The lowest BCUT2D eigenvalue weighted by Crippen LogP contribution is -2.48. The molecule has 1 unspecified atom stereocenters. The van der Waals surface area contributed by atoms with Crippen molar-refractivity contribution in [2.45, 2.75) is 31.8 Å². The molecule has 21 heavy (non-hydrogen) atoms. The Morgan fingerprint density at radius 2 is 2.14 bits per heavy atom. The van der Waals surface area contributed by atoms with Gasteiger partial charge in [0.25, 0.3) is 0 Å². The maximum absolute atomic E-state index is 12.0. The first-order chi connectivity index (χ1) is 10.2. The van der Waals surface area contributed by atoms with Crippen molar-refractivity contribution in [2.75, 3.05) is 20.4 Å². The number of phenolic OH excluding ortho intramolecular Hbond substituents is 1. The lowest BCUT2D eigenvalue weighted by molar-refractivity contribution is -0.127. The summed E-state index contributed by atoms with van der Waals surface area (Å²) in [5.41, 5.74) is 0.759. The van der Waals surface area contributed by atoms with Gasteiger partial charge in [-0.15, -0.1) is 0 Å². The Labute approximate surface area is 123 Å². The molecule has 2 heterocycles. The third kappa shape index (κ3) is 2.76. The fraction of sp³-hybridized carbons (Fsp3) is 0.533. The third-order valence-electron chi connectivity index (χ3n) is 4.11. The number of carbonyl (C=O) groups is 1. The molecule has 114 valence electrons. The van der Waals surface area contributed by atoms with Crippen molar-refractivity contribution in [3.63, 3.8) is 0 Å². The fourth-order valence-electron chi connectivity index (χ4n) is 2.96. The summed E-state index contributed by atoms with van der Waals surface area (Å²) in [6.45, 7) is 1.56. The molecule has 2 aliphatic heterocycles. The summed E-state index contributed by atoms with van der Waals surface area (Å²) in [7, 11) is 1.66. The van der Waals surface area contributed by atoms with Crippen LogP contribution in [0.4, 0.5) is 0 Å². The third-order valence-corrected chi connectivity index (χ3v) is 4.11. The maximum atomic E-state index is 12.0. The van der Waals surface area contributed by atoms with E-state index in [4.69, 9.17) is 9.47 Å². The lowest BCUT2D eigenvalue weighted by Gasteiger charge is -2.34. The molecule has 2 N–H and O–H groups in total. The summed E-state index contributed by atoms with van der Waals surface area (Å²) in [5.74, 6) is 1.43. The number of aromatic hydroxyl groups is 1. The molecule has 0 bridgehead atoms. The molecular weight excluding hydrogens is 272 g/mol. The van der Waals surface area contributed by atoms with E-state index in [1.54, 1.807) is 19.2 Å². The molecule has 1 atom stereocenters. The molecule has 6 nitrogen and oxygen atoms in total. The van der Waals surface area contributed by atoms with Crippen LogP contribution >= 0.6 is 0 Å². The number of hydrogen-bond acceptors (Lipinski definition) is 5. The highest BCUT2D eigenvalue weighted by Gasteiger charge is 2.29. The largest absolute Gasteiger partial charge is 0.507 e. The van der Waals surface area contributed by atoms with Gasteiger partial charge in [-0.1, -0.05) is 6.42 Å². The van der Waals surface area contributed by atoms with Crippen LogP contribution in [0, 0.1) is 0 Å². The highest BCUT2D eigenvalue weighted by Crippen LogP contribution is 2.38. The minimum atomic E-state index is -0.131. The first-order valence-electron chi connectivity index (χ1n) is 7.26. The number of piperidine rings is 1. The van der Waals surface area contributed by atoms with Crippen LogP contribution in [0.2, 0.25) is 0 Å². The fourth-order valence-corrected chi connectivity index (χ4v) is 2.96. The number of amides is 1. The Morgan fingerprint density at radius 3 is 2.90 bits per heavy atom. The van der Waals surface area contributed by atoms with Gasteiger partial charge >= 0.3 is 0 Å². The Kier molecular flexibility index (Phi) is 3.88. The van der Waals surface area contributed by atoms with E-state index in [2.05, 4.69) is 10.2 Å². The van der Waals surface area contributed by atoms with Gasteiger partial charge in [0, 0.05) is 25.2 Å². The topological polar surface area (TPSA) is 71.0 Å². The zero-order chi connectivity index (χ0) is 14.8. The van der Waals surface area contributed by atoms with Crippen molar-refractivity contribution in [1.82, 2.24) is 10.2 Å². The number of phenols is 1. The van der Waals surface area contributed by atoms with Crippen LogP contribution in [0.15, 0.2) is 12.1 Å². The molecule has 1 aromatic carbocycles. The number of benzene rings is 1. The first-order valence-corrected chi connectivity index (χ1v) is 7.26. The van der Waals surface area contributed by atoms with Crippen molar-refractivity contribution in [3.8, 4) is 17.2 Å². The normalized spacial score (nSPS) is 21.3. The zero-order valence-corrected chi connectivity index (χ0v) is 12.1. The number of likely N-dealkylation sites (N-methyl/N-ethyl adjacent to an activating group) is 1. The number of nitrogens with zero attached hydrogens (tertiary/aromatic N) is 1. The van der Waals surface area contributed by atoms with Gasteiger partial charge < -0.3 is 19.9 Å². The number of rotatable bonds is 3. The van der Waals surface area contributed by atoms with Crippen molar-refractivity contribution in [2.24, 2.45) is 0 Å². The molecule has 0 aromatic heterocycles. The molecule has 0 aliphatic carbocycles. The average Bonchev–Trinajstić information content (AvgIpc) is 2.94. The number of nitrogens with one attached hydrogen (secondary N) is 1. The van der Waals surface area contributed by atoms with E-state index in [1.807, 2.05) is 0 Å². The Bertz CT molecular complexity index is 547. The summed E-state index contributed by atoms with van der Waals surface area (Å²) in [5, 5.41) is 12.8. The zero-order valence-electron chi connectivity index (χ0n) is 12.1. The summed E-state index contributed by atoms with van der Waals surface area (Å²) < 4.78 is 10.6. The number of carbonyl (C=O) groups excluding carboxylic acids is 1. The molecule has 1 aromatic rings. The standard InChI is InChI=1S/C15H20N2O4/c1-16-15(19)11-4-2-3-5-17(11)8-10-6-13-14(7-12(10)18)21-9-20-13/h6-7,11,18H,2-5,8-9H2,1H3,(H,16,19). The van der Waals surface area contributed by atoms with Crippen molar-refractivity contribution in [1.29, 1.82) is 0 Å². The number of fused-ring (bicyclic) bond motifs is 1. The van der Waals surface area contributed by atoms with Gasteiger partial charge in [0.15, 0.2) is 11.5 Å². The maximum Gasteiger partial charge on any atom is 0.237 e. The minimum Gasteiger partial charge on any atom is -0.507 e.